The number of fused-ring (bicyclic) bond motifs is 1. The Bertz CT molecular complexity index is 1280. The molecule has 6 nitrogen and oxygen atoms in total. The first-order valence-corrected chi connectivity index (χ1v) is 11.1. The summed E-state index contributed by atoms with van der Waals surface area (Å²) in [5.41, 5.74) is 3.98. The number of thioether (sulfide) groups is 1. The van der Waals surface area contributed by atoms with Crippen molar-refractivity contribution in [3.63, 3.8) is 0 Å². The summed E-state index contributed by atoms with van der Waals surface area (Å²) in [5.74, 6) is 1.32. The highest BCUT2D eigenvalue weighted by atomic mass is 32.2. The topological polar surface area (TPSA) is 75.2 Å². The lowest BCUT2D eigenvalue weighted by atomic mass is 10.2. The number of nitrogens with one attached hydrogen (secondary N) is 2. The molecule has 0 amide bonds. The lowest BCUT2D eigenvalue weighted by molar-refractivity contribution is 0.596. The summed E-state index contributed by atoms with van der Waals surface area (Å²) in [6.07, 6.45) is 5.39. The fourth-order valence-electron chi connectivity index (χ4n) is 3.59. The molecule has 3 heterocycles. The first-order valence-electron chi connectivity index (χ1n) is 10.1. The van der Waals surface area contributed by atoms with Gasteiger partial charge < -0.3 is 14.5 Å². The van der Waals surface area contributed by atoms with Crippen LogP contribution in [0.2, 0.25) is 0 Å². The van der Waals surface area contributed by atoms with Gasteiger partial charge in [-0.3, -0.25) is 0 Å². The van der Waals surface area contributed by atoms with E-state index in [0.717, 1.165) is 58.4 Å². The highest BCUT2D eigenvalue weighted by Crippen LogP contribution is 2.29. The van der Waals surface area contributed by atoms with Gasteiger partial charge in [0.25, 0.3) is 0 Å². The monoisotopic (exact) mass is 432 g/mol. The molecule has 0 fully saturated rings. The van der Waals surface area contributed by atoms with Gasteiger partial charge in [0.05, 0.1) is 17.7 Å². The normalized spacial score (nSPS) is 11.4. The number of nitrogens with zero attached hydrogens (tertiary/aromatic N) is 4. The summed E-state index contributed by atoms with van der Waals surface area (Å²) in [6.45, 7) is 0.760. The van der Waals surface area contributed by atoms with Gasteiger partial charge in [0, 0.05) is 29.4 Å². The van der Waals surface area contributed by atoms with Gasteiger partial charge in [-0.15, -0.1) is 10.2 Å². The Morgan fingerprint density at radius 2 is 1.94 bits per heavy atom. The molecule has 3 aromatic heterocycles. The van der Waals surface area contributed by atoms with Gasteiger partial charge in [0.15, 0.2) is 11.0 Å². The van der Waals surface area contributed by atoms with Crippen molar-refractivity contribution in [2.45, 2.75) is 30.3 Å². The van der Waals surface area contributed by atoms with E-state index in [9.17, 15) is 4.39 Å². The first-order chi connectivity index (χ1) is 15.3. The highest BCUT2D eigenvalue weighted by molar-refractivity contribution is 7.98. The zero-order chi connectivity index (χ0) is 21.0. The van der Waals surface area contributed by atoms with Crippen LogP contribution in [-0.4, -0.2) is 29.7 Å². The molecule has 0 saturated heterocycles. The summed E-state index contributed by atoms with van der Waals surface area (Å²) in [7, 11) is 0. The predicted molar refractivity (Wildman–Crippen MR) is 120 cm³/mol. The fraction of sp³-hybridized carbons (Fsp3) is 0.174. The average Bonchev–Trinajstić information content (AvgIpc) is 3.52. The molecular weight excluding hydrogens is 411 g/mol. The zero-order valence-corrected chi connectivity index (χ0v) is 17.6. The van der Waals surface area contributed by atoms with E-state index >= 15 is 0 Å². The fourth-order valence-corrected chi connectivity index (χ4v) is 4.51. The van der Waals surface area contributed by atoms with E-state index < -0.39 is 0 Å². The lowest BCUT2D eigenvalue weighted by Crippen LogP contribution is -2.04. The maximum atomic E-state index is 13.6. The third-order valence-corrected chi connectivity index (χ3v) is 6.16. The molecule has 2 aromatic carbocycles. The van der Waals surface area contributed by atoms with Crippen molar-refractivity contribution in [1.82, 2.24) is 29.7 Å². The third kappa shape index (κ3) is 4.39. The molecule has 5 aromatic rings. The van der Waals surface area contributed by atoms with Crippen LogP contribution in [0.25, 0.3) is 22.4 Å². The molecule has 31 heavy (non-hydrogen) atoms. The highest BCUT2D eigenvalue weighted by Gasteiger charge is 2.17. The Morgan fingerprint density at radius 1 is 1.03 bits per heavy atom. The molecule has 8 heteroatoms. The standard InChI is InChI=1S/C23H21FN6S/c24-18-8-9-20-17(11-18)12-21(27-20)22-28-29-23(31-14-16-5-2-1-3-6-16)30(22)10-4-7-19-13-25-15-26-19/h1-3,5-6,8-9,11-13,15,27H,4,7,10,14H2,(H,25,26). The van der Waals surface area contributed by atoms with Gasteiger partial charge in [-0.05, 0) is 42.7 Å². The Labute approximate surface area is 182 Å². The second kappa shape index (κ2) is 8.77. The summed E-state index contributed by atoms with van der Waals surface area (Å²) in [4.78, 5) is 10.7. The summed E-state index contributed by atoms with van der Waals surface area (Å²) in [6, 6.07) is 17.0. The summed E-state index contributed by atoms with van der Waals surface area (Å²) in [5, 5.41) is 10.6. The molecule has 156 valence electrons. The maximum absolute atomic E-state index is 13.6. The molecule has 0 aliphatic rings. The minimum absolute atomic E-state index is 0.252. The SMILES string of the molecule is Fc1ccc2[nH]c(-c3nnc(SCc4ccccc4)n3CCCc3c[nH]cn3)cc2c1. The Hall–Kier alpha value is -3.39. The molecular formula is C23H21FN6S. The van der Waals surface area contributed by atoms with E-state index in [2.05, 4.69) is 41.8 Å². The van der Waals surface area contributed by atoms with Crippen LogP contribution < -0.4 is 0 Å². The number of rotatable bonds is 8. The second-order valence-electron chi connectivity index (χ2n) is 7.31. The van der Waals surface area contributed by atoms with E-state index in [4.69, 9.17) is 0 Å². The quantitative estimate of drug-likeness (QED) is 0.330. The van der Waals surface area contributed by atoms with Crippen molar-refractivity contribution in [1.29, 1.82) is 0 Å². The first kappa shape index (κ1) is 19.6. The van der Waals surface area contributed by atoms with Crippen molar-refractivity contribution in [3.8, 4) is 11.5 Å². The number of H-pyrrole nitrogens is 2. The molecule has 0 aliphatic heterocycles. The molecule has 0 bridgehead atoms. The van der Waals surface area contributed by atoms with Gasteiger partial charge in [0.2, 0.25) is 0 Å². The largest absolute Gasteiger partial charge is 0.352 e. The molecule has 0 spiro atoms. The van der Waals surface area contributed by atoms with Crippen LogP contribution in [0.1, 0.15) is 17.7 Å². The summed E-state index contributed by atoms with van der Waals surface area (Å²) >= 11 is 1.67. The van der Waals surface area contributed by atoms with Crippen LogP contribution in [0.3, 0.4) is 0 Å². The number of halogens is 1. The van der Waals surface area contributed by atoms with E-state index in [-0.39, 0.29) is 5.82 Å². The molecule has 2 N–H and O–H groups in total. The number of hydrogen-bond donors (Lipinski definition) is 2. The number of aromatic nitrogens is 6. The number of imidazole rings is 1. The van der Waals surface area contributed by atoms with Gasteiger partial charge in [0.1, 0.15) is 5.82 Å². The van der Waals surface area contributed by atoms with Crippen molar-refractivity contribution in [2.75, 3.05) is 0 Å². The molecule has 0 atom stereocenters. The minimum Gasteiger partial charge on any atom is -0.352 e. The van der Waals surface area contributed by atoms with Crippen molar-refractivity contribution >= 4 is 22.7 Å². The van der Waals surface area contributed by atoms with Crippen molar-refractivity contribution < 1.29 is 4.39 Å². The molecule has 0 radical (unpaired) electrons. The minimum atomic E-state index is -0.252. The number of aryl methyl sites for hydroxylation is 1. The van der Waals surface area contributed by atoms with Gasteiger partial charge in [-0.1, -0.05) is 42.1 Å². The van der Waals surface area contributed by atoms with Crippen LogP contribution in [0.5, 0.6) is 0 Å². The van der Waals surface area contributed by atoms with Crippen LogP contribution in [0, 0.1) is 5.82 Å². The smallest absolute Gasteiger partial charge is 0.191 e. The molecule has 5 rings (SSSR count). The van der Waals surface area contributed by atoms with Crippen LogP contribution in [-0.2, 0) is 18.7 Å². The van der Waals surface area contributed by atoms with Crippen molar-refractivity contribution in [3.05, 3.63) is 84.2 Å². The molecule has 0 aliphatic carbocycles. The van der Waals surface area contributed by atoms with E-state index in [1.807, 2.05) is 30.5 Å². The molecule has 0 unspecified atom stereocenters. The summed E-state index contributed by atoms with van der Waals surface area (Å²) < 4.78 is 15.8. The lowest BCUT2D eigenvalue weighted by Gasteiger charge is -2.09. The van der Waals surface area contributed by atoms with E-state index in [0.29, 0.717) is 0 Å². The Morgan fingerprint density at radius 3 is 2.77 bits per heavy atom. The average molecular weight is 433 g/mol. The predicted octanol–water partition coefficient (Wildman–Crippen LogP) is 5.21. The number of aromatic amines is 2. The number of benzene rings is 2. The number of hydrogen-bond acceptors (Lipinski definition) is 4. The van der Waals surface area contributed by atoms with E-state index in [1.165, 1.54) is 17.7 Å². The maximum Gasteiger partial charge on any atom is 0.191 e. The third-order valence-electron chi connectivity index (χ3n) is 5.12. The van der Waals surface area contributed by atoms with Gasteiger partial charge in [-0.25, -0.2) is 9.37 Å². The van der Waals surface area contributed by atoms with Crippen LogP contribution in [0.15, 0.2) is 72.3 Å². The van der Waals surface area contributed by atoms with Gasteiger partial charge >= 0.3 is 0 Å². The van der Waals surface area contributed by atoms with Gasteiger partial charge in [-0.2, -0.15) is 0 Å². The van der Waals surface area contributed by atoms with E-state index in [1.54, 1.807) is 24.2 Å². The second-order valence-corrected chi connectivity index (χ2v) is 8.25. The Kier molecular flexibility index (Phi) is 5.54. The zero-order valence-electron chi connectivity index (χ0n) is 16.8. The van der Waals surface area contributed by atoms with Crippen LogP contribution >= 0.6 is 11.8 Å². The van der Waals surface area contributed by atoms with Crippen LogP contribution in [0.4, 0.5) is 4.39 Å². The molecule has 0 saturated carbocycles. The Balaban J connectivity index is 1.43. The van der Waals surface area contributed by atoms with Crippen molar-refractivity contribution in [2.24, 2.45) is 0 Å².